The first-order valence-electron chi connectivity index (χ1n) is 7.92. The Morgan fingerprint density at radius 1 is 0.609 bits per heavy atom. The number of rotatable bonds is 5. The molecule has 3 aromatic rings. The number of benzene rings is 3. The van der Waals surface area contributed by atoms with Gasteiger partial charge in [-0.25, -0.2) is 0 Å². The van der Waals surface area contributed by atoms with Crippen LogP contribution in [0.2, 0.25) is 0 Å². The van der Waals surface area contributed by atoms with Crippen LogP contribution >= 0.6 is 0 Å². The summed E-state index contributed by atoms with van der Waals surface area (Å²) in [5.74, 6) is 0. The van der Waals surface area contributed by atoms with E-state index in [1.165, 1.54) is 16.7 Å². The van der Waals surface area contributed by atoms with Crippen molar-refractivity contribution in [1.29, 1.82) is 0 Å². The monoisotopic (exact) mass is 302 g/mol. The number of hydrogen-bond acceptors (Lipinski definition) is 2. The van der Waals surface area contributed by atoms with Gasteiger partial charge in [-0.15, -0.1) is 0 Å². The fourth-order valence-electron chi connectivity index (χ4n) is 2.53. The van der Waals surface area contributed by atoms with E-state index < -0.39 is 0 Å². The summed E-state index contributed by atoms with van der Waals surface area (Å²) in [6, 6.07) is 25.6. The Morgan fingerprint density at radius 2 is 1.04 bits per heavy atom. The molecular weight excluding hydrogens is 280 g/mol. The lowest BCUT2D eigenvalue weighted by Gasteiger charge is -2.09. The highest BCUT2D eigenvalue weighted by Crippen LogP contribution is 2.20. The first-order valence-corrected chi connectivity index (χ1v) is 7.92. The number of nitrogens with one attached hydrogen (secondary N) is 2. The average Bonchev–Trinajstić information content (AvgIpc) is 2.59. The molecule has 0 saturated heterocycles. The van der Waals surface area contributed by atoms with Gasteiger partial charge in [0.2, 0.25) is 0 Å². The third-order valence-electron chi connectivity index (χ3n) is 3.95. The Labute approximate surface area is 138 Å². The van der Waals surface area contributed by atoms with Gasteiger partial charge in [-0.1, -0.05) is 42.0 Å². The lowest BCUT2D eigenvalue weighted by Crippen LogP contribution is -1.93. The summed E-state index contributed by atoms with van der Waals surface area (Å²) in [5, 5.41) is 6.55. The van der Waals surface area contributed by atoms with Crippen LogP contribution in [0, 0.1) is 6.92 Å². The fourth-order valence-corrected chi connectivity index (χ4v) is 2.53. The molecule has 116 valence electrons. The van der Waals surface area contributed by atoms with E-state index in [0.29, 0.717) is 0 Å². The van der Waals surface area contributed by atoms with Gasteiger partial charge in [0, 0.05) is 24.1 Å². The van der Waals surface area contributed by atoms with Crippen molar-refractivity contribution >= 4 is 17.1 Å². The zero-order valence-corrected chi connectivity index (χ0v) is 13.6. The second-order valence-corrected chi connectivity index (χ2v) is 5.81. The van der Waals surface area contributed by atoms with Gasteiger partial charge < -0.3 is 10.6 Å². The van der Waals surface area contributed by atoms with Crippen molar-refractivity contribution in [3.05, 3.63) is 89.5 Å². The molecule has 0 heterocycles. The maximum Gasteiger partial charge on any atom is 0.0385 e. The van der Waals surface area contributed by atoms with E-state index in [1.807, 2.05) is 7.05 Å². The topological polar surface area (TPSA) is 24.1 Å². The molecule has 0 aliphatic rings. The molecule has 0 fully saturated rings. The van der Waals surface area contributed by atoms with Gasteiger partial charge >= 0.3 is 0 Å². The standard InChI is InChI=1S/C21H22N2/c1-16-3-5-17(6-4-16)15-18-7-9-20(10-8-18)23-21-13-11-19(22-2)12-14-21/h3-14,22-23H,15H2,1-2H3. The molecule has 0 unspecified atom stereocenters. The first-order chi connectivity index (χ1) is 11.2. The largest absolute Gasteiger partial charge is 0.388 e. The van der Waals surface area contributed by atoms with Crippen molar-refractivity contribution in [2.24, 2.45) is 0 Å². The number of anilines is 3. The van der Waals surface area contributed by atoms with Crippen molar-refractivity contribution in [1.82, 2.24) is 0 Å². The van der Waals surface area contributed by atoms with Gasteiger partial charge in [-0.3, -0.25) is 0 Å². The molecule has 0 saturated carbocycles. The smallest absolute Gasteiger partial charge is 0.0385 e. The maximum atomic E-state index is 3.43. The summed E-state index contributed by atoms with van der Waals surface area (Å²) >= 11 is 0. The zero-order valence-electron chi connectivity index (χ0n) is 13.6. The van der Waals surface area contributed by atoms with Gasteiger partial charge in [0.1, 0.15) is 0 Å². The van der Waals surface area contributed by atoms with Crippen molar-refractivity contribution in [2.45, 2.75) is 13.3 Å². The van der Waals surface area contributed by atoms with Gasteiger partial charge in [-0.05, 0) is 60.9 Å². The van der Waals surface area contributed by atoms with Gasteiger partial charge in [-0.2, -0.15) is 0 Å². The Morgan fingerprint density at radius 3 is 1.57 bits per heavy atom. The van der Waals surface area contributed by atoms with Gasteiger partial charge in [0.05, 0.1) is 0 Å². The summed E-state index contributed by atoms with van der Waals surface area (Å²) in [6.45, 7) is 2.12. The van der Waals surface area contributed by atoms with E-state index >= 15 is 0 Å². The van der Waals surface area contributed by atoms with E-state index in [-0.39, 0.29) is 0 Å². The summed E-state index contributed by atoms with van der Waals surface area (Å²) in [4.78, 5) is 0. The van der Waals surface area contributed by atoms with Crippen LogP contribution in [0.4, 0.5) is 17.1 Å². The van der Waals surface area contributed by atoms with Crippen LogP contribution in [0.5, 0.6) is 0 Å². The SMILES string of the molecule is CNc1ccc(Nc2ccc(Cc3ccc(C)cc3)cc2)cc1. The zero-order chi connectivity index (χ0) is 16.1. The molecule has 0 atom stereocenters. The van der Waals surface area contributed by atoms with E-state index in [4.69, 9.17) is 0 Å². The van der Waals surface area contributed by atoms with Crippen molar-refractivity contribution in [2.75, 3.05) is 17.7 Å². The van der Waals surface area contributed by atoms with Crippen molar-refractivity contribution < 1.29 is 0 Å². The lowest BCUT2D eigenvalue weighted by molar-refractivity contribution is 1.19. The molecule has 0 bridgehead atoms. The molecule has 0 amide bonds. The molecule has 0 aromatic heterocycles. The van der Waals surface area contributed by atoms with E-state index in [1.54, 1.807) is 0 Å². The van der Waals surface area contributed by atoms with Gasteiger partial charge in [0.15, 0.2) is 0 Å². The van der Waals surface area contributed by atoms with E-state index in [2.05, 4.69) is 90.4 Å². The minimum absolute atomic E-state index is 0.970. The second-order valence-electron chi connectivity index (χ2n) is 5.81. The normalized spacial score (nSPS) is 10.3. The third kappa shape index (κ3) is 4.13. The summed E-state index contributed by atoms with van der Waals surface area (Å²) in [6.07, 6.45) is 0.970. The van der Waals surface area contributed by atoms with Crippen LogP contribution in [0.15, 0.2) is 72.8 Å². The van der Waals surface area contributed by atoms with Crippen LogP contribution in [-0.4, -0.2) is 7.05 Å². The molecule has 3 rings (SSSR count). The van der Waals surface area contributed by atoms with Crippen molar-refractivity contribution in [3.8, 4) is 0 Å². The van der Waals surface area contributed by atoms with Crippen LogP contribution < -0.4 is 10.6 Å². The predicted octanol–water partition coefficient (Wildman–Crippen LogP) is 5.37. The third-order valence-corrected chi connectivity index (χ3v) is 3.95. The molecular formula is C21H22N2. The van der Waals surface area contributed by atoms with Crippen LogP contribution in [0.25, 0.3) is 0 Å². The molecule has 0 spiro atoms. The minimum atomic E-state index is 0.970. The second kappa shape index (κ2) is 7.01. The maximum absolute atomic E-state index is 3.43. The molecule has 3 aromatic carbocycles. The average molecular weight is 302 g/mol. The first kappa shape index (κ1) is 15.2. The van der Waals surface area contributed by atoms with Crippen molar-refractivity contribution in [3.63, 3.8) is 0 Å². The summed E-state index contributed by atoms with van der Waals surface area (Å²) < 4.78 is 0. The molecule has 0 aliphatic carbocycles. The van der Waals surface area contributed by atoms with Crippen LogP contribution in [0.1, 0.15) is 16.7 Å². The molecule has 2 N–H and O–H groups in total. The van der Waals surface area contributed by atoms with Crippen LogP contribution in [-0.2, 0) is 6.42 Å². The Bertz CT molecular complexity index is 741. The summed E-state index contributed by atoms with van der Waals surface area (Å²) in [7, 11) is 1.93. The van der Waals surface area contributed by atoms with Crippen LogP contribution in [0.3, 0.4) is 0 Å². The summed E-state index contributed by atoms with van der Waals surface area (Å²) in [5.41, 5.74) is 7.29. The highest BCUT2D eigenvalue weighted by atomic mass is 14.9. The highest BCUT2D eigenvalue weighted by Gasteiger charge is 1.99. The molecule has 0 radical (unpaired) electrons. The molecule has 23 heavy (non-hydrogen) atoms. The number of aryl methyl sites for hydroxylation is 1. The molecule has 2 nitrogen and oxygen atoms in total. The van der Waals surface area contributed by atoms with Gasteiger partial charge in [0.25, 0.3) is 0 Å². The highest BCUT2D eigenvalue weighted by molar-refractivity contribution is 5.62. The van der Waals surface area contributed by atoms with E-state index in [0.717, 1.165) is 23.5 Å². The quantitative estimate of drug-likeness (QED) is 0.662. The minimum Gasteiger partial charge on any atom is -0.388 e. The Balaban J connectivity index is 1.65. The Kier molecular flexibility index (Phi) is 4.62. The molecule has 2 heteroatoms. The Hall–Kier alpha value is -2.74. The number of hydrogen-bond donors (Lipinski definition) is 2. The predicted molar refractivity (Wildman–Crippen MR) is 99.7 cm³/mol. The fraction of sp³-hybridized carbons (Fsp3) is 0.143. The lowest BCUT2D eigenvalue weighted by atomic mass is 10.0. The molecule has 0 aliphatic heterocycles. The van der Waals surface area contributed by atoms with E-state index in [9.17, 15) is 0 Å².